The highest BCUT2D eigenvalue weighted by Crippen LogP contribution is 2.11. The zero-order chi connectivity index (χ0) is 11.2. The van der Waals surface area contributed by atoms with E-state index < -0.39 is 0 Å². The molecule has 2 aromatic rings. The highest BCUT2D eigenvalue weighted by molar-refractivity contribution is 5.29. The molecule has 0 aliphatic carbocycles. The van der Waals surface area contributed by atoms with Crippen molar-refractivity contribution in [1.82, 2.24) is 0 Å². The summed E-state index contributed by atoms with van der Waals surface area (Å²) in [6.45, 7) is 3.75. The molecule has 0 aliphatic rings. The Morgan fingerprint density at radius 2 is 1.31 bits per heavy atom. The van der Waals surface area contributed by atoms with Crippen LogP contribution in [0.5, 0.6) is 0 Å². The van der Waals surface area contributed by atoms with Crippen LogP contribution in [0.1, 0.15) is 16.7 Å². The van der Waals surface area contributed by atoms with Gasteiger partial charge in [-0.1, -0.05) is 60.7 Å². The van der Waals surface area contributed by atoms with Crippen molar-refractivity contribution in [2.24, 2.45) is 0 Å². The molecule has 0 fully saturated rings. The zero-order valence-electron chi connectivity index (χ0n) is 9.39. The minimum atomic E-state index is 0.950. The molecular formula is C16H16. The summed E-state index contributed by atoms with van der Waals surface area (Å²) in [5.74, 6) is 0. The Morgan fingerprint density at radius 1 is 0.750 bits per heavy atom. The second kappa shape index (κ2) is 5.32. The van der Waals surface area contributed by atoms with Crippen LogP contribution in [0, 0.1) is 0 Å². The first kappa shape index (κ1) is 10.7. The molecular weight excluding hydrogens is 192 g/mol. The lowest BCUT2D eigenvalue weighted by atomic mass is 10.0. The molecule has 0 bridgehead atoms. The summed E-state index contributed by atoms with van der Waals surface area (Å²) in [6.07, 6.45) is 3.90. The lowest BCUT2D eigenvalue weighted by Crippen LogP contribution is -1.88. The third kappa shape index (κ3) is 2.83. The van der Waals surface area contributed by atoms with E-state index in [4.69, 9.17) is 0 Å². The van der Waals surface area contributed by atoms with Gasteiger partial charge in [-0.3, -0.25) is 0 Å². The number of allylic oxidation sites excluding steroid dienone is 1. The summed E-state index contributed by atoms with van der Waals surface area (Å²) in [5.41, 5.74) is 4.05. The van der Waals surface area contributed by atoms with Crippen LogP contribution in [0.15, 0.2) is 67.3 Å². The summed E-state index contributed by atoms with van der Waals surface area (Å²) in [6, 6.07) is 19.3. The fraction of sp³-hybridized carbons (Fsp3) is 0.125. The minimum absolute atomic E-state index is 0.950. The van der Waals surface area contributed by atoms with Crippen molar-refractivity contribution < 1.29 is 0 Å². The van der Waals surface area contributed by atoms with E-state index in [0.29, 0.717) is 0 Å². The second-order valence-electron chi connectivity index (χ2n) is 3.97. The molecule has 0 spiro atoms. The van der Waals surface area contributed by atoms with Gasteiger partial charge in [0.2, 0.25) is 0 Å². The molecule has 0 heterocycles. The predicted octanol–water partition coefficient (Wildman–Crippen LogP) is 4.01. The summed E-state index contributed by atoms with van der Waals surface area (Å²) < 4.78 is 0. The van der Waals surface area contributed by atoms with Gasteiger partial charge in [0.05, 0.1) is 0 Å². The minimum Gasteiger partial charge on any atom is -0.103 e. The smallest absolute Gasteiger partial charge is 0.00258 e. The Hall–Kier alpha value is -1.82. The third-order valence-electron chi connectivity index (χ3n) is 2.65. The first-order chi connectivity index (χ1) is 7.88. The van der Waals surface area contributed by atoms with Gasteiger partial charge in [0, 0.05) is 0 Å². The van der Waals surface area contributed by atoms with Crippen LogP contribution in [0.4, 0.5) is 0 Å². The number of hydrogen-bond acceptors (Lipinski definition) is 0. The average molecular weight is 208 g/mol. The molecule has 16 heavy (non-hydrogen) atoms. The van der Waals surface area contributed by atoms with Gasteiger partial charge in [0.1, 0.15) is 0 Å². The van der Waals surface area contributed by atoms with Crippen LogP contribution in [0.3, 0.4) is 0 Å². The predicted molar refractivity (Wildman–Crippen MR) is 69.6 cm³/mol. The normalized spacial score (nSPS) is 10.0. The highest BCUT2D eigenvalue weighted by Gasteiger charge is 1.95. The van der Waals surface area contributed by atoms with Crippen molar-refractivity contribution in [2.75, 3.05) is 0 Å². The molecule has 0 saturated carbocycles. The molecule has 0 aliphatic heterocycles. The first-order valence-electron chi connectivity index (χ1n) is 5.61. The van der Waals surface area contributed by atoms with Gasteiger partial charge in [-0.05, 0) is 29.5 Å². The van der Waals surface area contributed by atoms with Crippen molar-refractivity contribution in [3.8, 4) is 0 Å². The van der Waals surface area contributed by atoms with Crippen LogP contribution in [0.2, 0.25) is 0 Å². The molecule has 0 radical (unpaired) electrons. The Morgan fingerprint density at radius 3 is 1.94 bits per heavy atom. The summed E-state index contributed by atoms with van der Waals surface area (Å²) in [4.78, 5) is 0. The van der Waals surface area contributed by atoms with Crippen LogP contribution in [-0.2, 0) is 12.8 Å². The third-order valence-corrected chi connectivity index (χ3v) is 2.65. The van der Waals surface area contributed by atoms with Crippen LogP contribution < -0.4 is 0 Å². The maximum absolute atomic E-state index is 3.75. The van der Waals surface area contributed by atoms with E-state index in [-0.39, 0.29) is 0 Å². The molecule has 0 atom stereocenters. The van der Waals surface area contributed by atoms with Gasteiger partial charge in [-0.2, -0.15) is 0 Å². The quantitative estimate of drug-likeness (QED) is 0.666. The summed E-state index contributed by atoms with van der Waals surface area (Å²) in [5, 5.41) is 0. The molecule has 80 valence electrons. The number of benzene rings is 2. The zero-order valence-corrected chi connectivity index (χ0v) is 9.39. The topological polar surface area (TPSA) is 0 Å². The van der Waals surface area contributed by atoms with Crippen molar-refractivity contribution in [3.63, 3.8) is 0 Å². The largest absolute Gasteiger partial charge is 0.103 e. The van der Waals surface area contributed by atoms with E-state index in [1.165, 1.54) is 16.7 Å². The van der Waals surface area contributed by atoms with E-state index in [0.717, 1.165) is 12.8 Å². The van der Waals surface area contributed by atoms with Gasteiger partial charge >= 0.3 is 0 Å². The van der Waals surface area contributed by atoms with E-state index in [2.05, 4.69) is 61.2 Å². The average Bonchev–Trinajstić information content (AvgIpc) is 2.33. The van der Waals surface area contributed by atoms with Crippen LogP contribution in [-0.4, -0.2) is 0 Å². The first-order valence-corrected chi connectivity index (χ1v) is 5.61. The van der Waals surface area contributed by atoms with Crippen molar-refractivity contribution in [3.05, 3.63) is 83.9 Å². The Bertz CT molecular complexity index is 437. The van der Waals surface area contributed by atoms with Crippen molar-refractivity contribution >= 4 is 0 Å². The lowest BCUT2D eigenvalue weighted by Gasteiger charge is -2.03. The highest BCUT2D eigenvalue weighted by atomic mass is 14.0. The van der Waals surface area contributed by atoms with E-state index in [1.54, 1.807) is 0 Å². The van der Waals surface area contributed by atoms with Crippen molar-refractivity contribution in [1.29, 1.82) is 0 Å². The van der Waals surface area contributed by atoms with Crippen LogP contribution in [0.25, 0.3) is 0 Å². The van der Waals surface area contributed by atoms with Gasteiger partial charge in [0.15, 0.2) is 0 Å². The molecule has 0 amide bonds. The fourth-order valence-electron chi connectivity index (χ4n) is 1.79. The molecule has 0 heteroatoms. The van der Waals surface area contributed by atoms with Gasteiger partial charge in [-0.25, -0.2) is 0 Å². The maximum atomic E-state index is 3.75. The van der Waals surface area contributed by atoms with E-state index >= 15 is 0 Å². The molecule has 0 unspecified atom stereocenters. The van der Waals surface area contributed by atoms with Gasteiger partial charge in [-0.15, -0.1) is 6.58 Å². The fourth-order valence-corrected chi connectivity index (χ4v) is 1.79. The van der Waals surface area contributed by atoms with E-state index in [1.807, 2.05) is 6.08 Å². The molecule has 0 nitrogen and oxygen atoms in total. The van der Waals surface area contributed by atoms with E-state index in [9.17, 15) is 0 Å². The Kier molecular flexibility index (Phi) is 3.55. The molecule has 0 N–H and O–H groups in total. The Balaban J connectivity index is 2.08. The van der Waals surface area contributed by atoms with Gasteiger partial charge in [0.25, 0.3) is 0 Å². The maximum Gasteiger partial charge on any atom is -0.00258 e. The Labute approximate surface area is 97.3 Å². The molecule has 2 aromatic carbocycles. The second-order valence-corrected chi connectivity index (χ2v) is 3.97. The standard InChI is InChI=1S/C16H16/c1-2-6-14-9-11-16(12-10-14)13-15-7-4-3-5-8-15/h2-5,7-12H,1,6,13H2. The molecule has 0 aromatic heterocycles. The molecule has 0 saturated heterocycles. The van der Waals surface area contributed by atoms with Gasteiger partial charge < -0.3 is 0 Å². The number of rotatable bonds is 4. The SMILES string of the molecule is C=CCc1ccc(Cc2ccccc2)cc1. The van der Waals surface area contributed by atoms with Crippen molar-refractivity contribution in [2.45, 2.75) is 12.8 Å². The molecule has 2 rings (SSSR count). The van der Waals surface area contributed by atoms with Crippen LogP contribution >= 0.6 is 0 Å². The summed E-state index contributed by atoms with van der Waals surface area (Å²) >= 11 is 0. The number of hydrogen-bond donors (Lipinski definition) is 0. The lowest BCUT2D eigenvalue weighted by molar-refractivity contribution is 1.17. The summed E-state index contributed by atoms with van der Waals surface area (Å²) in [7, 11) is 0. The monoisotopic (exact) mass is 208 g/mol.